The average molecular weight is 261 g/mol. The highest BCUT2D eigenvalue weighted by Gasteiger charge is 2.11. The molecule has 1 atom stereocenters. The second-order valence-electron chi connectivity index (χ2n) is 5.26. The molecule has 1 aromatic carbocycles. The zero-order valence-electron chi connectivity index (χ0n) is 12.3. The molecule has 1 aromatic rings. The first-order valence-electron chi connectivity index (χ1n) is 7.53. The highest BCUT2D eigenvalue weighted by atomic mass is 16.1. The highest BCUT2D eigenvalue weighted by molar-refractivity contribution is 5.96. The van der Waals surface area contributed by atoms with Crippen LogP contribution >= 0.6 is 0 Å². The van der Waals surface area contributed by atoms with Crippen molar-refractivity contribution < 1.29 is 4.79 Å². The van der Waals surface area contributed by atoms with Gasteiger partial charge in [0.1, 0.15) is 0 Å². The summed E-state index contributed by atoms with van der Waals surface area (Å²) in [5.41, 5.74) is 7.73. The van der Waals surface area contributed by atoms with Gasteiger partial charge < -0.3 is 5.73 Å². The van der Waals surface area contributed by atoms with E-state index in [4.69, 9.17) is 5.73 Å². The molecule has 2 N–H and O–H groups in total. The first-order chi connectivity index (χ1) is 9.21. The summed E-state index contributed by atoms with van der Waals surface area (Å²) < 4.78 is 0. The minimum Gasteiger partial charge on any atom is -0.330 e. The SMILES string of the molecule is CCCc1cccc(C(=O)CCC(CC)CCN)c1. The third kappa shape index (κ3) is 5.56. The molecule has 0 aliphatic carbocycles. The fourth-order valence-electron chi connectivity index (χ4n) is 2.46. The van der Waals surface area contributed by atoms with Gasteiger partial charge in [0.15, 0.2) is 5.78 Å². The van der Waals surface area contributed by atoms with Gasteiger partial charge in [-0.1, -0.05) is 44.9 Å². The lowest BCUT2D eigenvalue weighted by atomic mass is 9.93. The fourth-order valence-corrected chi connectivity index (χ4v) is 2.46. The molecule has 2 heteroatoms. The molecule has 0 fully saturated rings. The van der Waals surface area contributed by atoms with E-state index in [1.54, 1.807) is 0 Å². The third-order valence-electron chi connectivity index (χ3n) is 3.72. The molecule has 0 bridgehead atoms. The lowest BCUT2D eigenvalue weighted by molar-refractivity contribution is 0.0972. The van der Waals surface area contributed by atoms with Gasteiger partial charge in [-0.05, 0) is 43.4 Å². The number of hydrogen-bond acceptors (Lipinski definition) is 2. The van der Waals surface area contributed by atoms with Gasteiger partial charge in [-0.2, -0.15) is 0 Å². The minimum absolute atomic E-state index is 0.272. The van der Waals surface area contributed by atoms with Crippen LogP contribution in [-0.2, 0) is 6.42 Å². The molecule has 0 aliphatic heterocycles. The number of hydrogen-bond donors (Lipinski definition) is 1. The zero-order chi connectivity index (χ0) is 14.1. The molecule has 19 heavy (non-hydrogen) atoms. The number of aryl methyl sites for hydroxylation is 1. The Labute approximate surface area is 117 Å². The van der Waals surface area contributed by atoms with Gasteiger partial charge in [-0.15, -0.1) is 0 Å². The second kappa shape index (κ2) is 8.87. The molecule has 0 saturated heterocycles. The number of carbonyl (C=O) groups excluding carboxylic acids is 1. The Bertz CT molecular complexity index is 387. The summed E-state index contributed by atoms with van der Waals surface area (Å²) in [5, 5.41) is 0. The maximum atomic E-state index is 12.2. The van der Waals surface area contributed by atoms with E-state index in [2.05, 4.69) is 26.0 Å². The fraction of sp³-hybridized carbons (Fsp3) is 0.588. The van der Waals surface area contributed by atoms with Gasteiger partial charge in [0.05, 0.1) is 0 Å². The van der Waals surface area contributed by atoms with Gasteiger partial charge in [0, 0.05) is 12.0 Å². The standard InChI is InChI=1S/C17H27NO/c1-3-6-15-7-5-8-16(13-15)17(19)10-9-14(4-2)11-12-18/h5,7-8,13-14H,3-4,6,9-12,18H2,1-2H3. The summed E-state index contributed by atoms with van der Waals surface area (Å²) in [5.74, 6) is 0.862. The van der Waals surface area contributed by atoms with Crippen molar-refractivity contribution in [3.05, 3.63) is 35.4 Å². The number of nitrogens with two attached hydrogens (primary N) is 1. The van der Waals surface area contributed by atoms with Crippen LogP contribution in [0.2, 0.25) is 0 Å². The van der Waals surface area contributed by atoms with Crippen LogP contribution in [0.25, 0.3) is 0 Å². The van der Waals surface area contributed by atoms with Crippen LogP contribution in [0.5, 0.6) is 0 Å². The topological polar surface area (TPSA) is 43.1 Å². The molecule has 0 radical (unpaired) electrons. The molecule has 0 aromatic heterocycles. The maximum absolute atomic E-state index is 12.2. The Kier molecular flexibility index (Phi) is 7.42. The average Bonchev–Trinajstić information content (AvgIpc) is 2.43. The van der Waals surface area contributed by atoms with E-state index in [1.807, 2.05) is 12.1 Å². The largest absolute Gasteiger partial charge is 0.330 e. The van der Waals surface area contributed by atoms with E-state index < -0.39 is 0 Å². The van der Waals surface area contributed by atoms with Crippen LogP contribution in [0.1, 0.15) is 61.9 Å². The summed E-state index contributed by atoms with van der Waals surface area (Å²) >= 11 is 0. The smallest absolute Gasteiger partial charge is 0.162 e. The molecule has 1 unspecified atom stereocenters. The van der Waals surface area contributed by atoms with Crippen molar-refractivity contribution >= 4 is 5.78 Å². The lowest BCUT2D eigenvalue weighted by Crippen LogP contribution is -2.10. The maximum Gasteiger partial charge on any atom is 0.162 e. The molecule has 0 aliphatic rings. The number of carbonyl (C=O) groups is 1. The van der Waals surface area contributed by atoms with Gasteiger partial charge in [-0.3, -0.25) is 4.79 Å². The Morgan fingerprint density at radius 2 is 2.05 bits per heavy atom. The van der Waals surface area contributed by atoms with Crippen molar-refractivity contribution in [3.8, 4) is 0 Å². The lowest BCUT2D eigenvalue weighted by Gasteiger charge is -2.12. The van der Waals surface area contributed by atoms with Crippen molar-refractivity contribution in [3.63, 3.8) is 0 Å². The summed E-state index contributed by atoms with van der Waals surface area (Å²) in [4.78, 5) is 12.2. The molecule has 0 saturated carbocycles. The summed E-state index contributed by atoms with van der Waals surface area (Å²) in [6, 6.07) is 8.08. The van der Waals surface area contributed by atoms with Gasteiger partial charge in [0.2, 0.25) is 0 Å². The number of rotatable bonds is 9. The van der Waals surface area contributed by atoms with Crippen LogP contribution in [0.4, 0.5) is 0 Å². The molecular weight excluding hydrogens is 234 g/mol. The Morgan fingerprint density at radius 3 is 2.68 bits per heavy atom. The minimum atomic E-state index is 0.272. The zero-order valence-corrected chi connectivity index (χ0v) is 12.3. The normalized spacial score (nSPS) is 12.4. The van der Waals surface area contributed by atoms with Crippen LogP contribution < -0.4 is 5.73 Å². The van der Waals surface area contributed by atoms with Crippen molar-refractivity contribution in [2.45, 2.75) is 52.4 Å². The molecule has 0 amide bonds. The Hall–Kier alpha value is -1.15. The van der Waals surface area contributed by atoms with E-state index in [9.17, 15) is 4.79 Å². The van der Waals surface area contributed by atoms with Crippen molar-refractivity contribution in [1.29, 1.82) is 0 Å². The van der Waals surface area contributed by atoms with Gasteiger partial charge in [0.25, 0.3) is 0 Å². The van der Waals surface area contributed by atoms with Gasteiger partial charge in [-0.25, -0.2) is 0 Å². The van der Waals surface area contributed by atoms with Crippen LogP contribution in [0, 0.1) is 5.92 Å². The van der Waals surface area contributed by atoms with E-state index in [0.29, 0.717) is 12.3 Å². The van der Waals surface area contributed by atoms with E-state index in [-0.39, 0.29) is 5.78 Å². The van der Waals surface area contributed by atoms with Crippen LogP contribution in [-0.4, -0.2) is 12.3 Å². The molecule has 2 nitrogen and oxygen atoms in total. The van der Waals surface area contributed by atoms with Crippen LogP contribution in [0.3, 0.4) is 0 Å². The Morgan fingerprint density at radius 1 is 1.26 bits per heavy atom. The second-order valence-corrected chi connectivity index (χ2v) is 5.26. The van der Waals surface area contributed by atoms with E-state index >= 15 is 0 Å². The first kappa shape index (κ1) is 15.9. The van der Waals surface area contributed by atoms with Crippen molar-refractivity contribution in [1.82, 2.24) is 0 Å². The quantitative estimate of drug-likeness (QED) is 0.683. The van der Waals surface area contributed by atoms with E-state index in [1.165, 1.54) is 5.56 Å². The van der Waals surface area contributed by atoms with Gasteiger partial charge >= 0.3 is 0 Å². The Balaban J connectivity index is 2.55. The number of benzene rings is 1. The first-order valence-corrected chi connectivity index (χ1v) is 7.53. The number of Topliss-reactive ketones (excluding diaryl/α,β-unsaturated/α-hetero) is 1. The number of ketones is 1. The molecule has 106 valence electrons. The summed E-state index contributed by atoms with van der Waals surface area (Å²) in [6.45, 7) is 5.05. The summed E-state index contributed by atoms with van der Waals surface area (Å²) in [6.07, 6.45) is 5.91. The molecule has 1 rings (SSSR count). The predicted octanol–water partition coefficient (Wildman–Crippen LogP) is 3.98. The molecule has 0 spiro atoms. The van der Waals surface area contributed by atoms with Crippen LogP contribution in [0.15, 0.2) is 24.3 Å². The molecule has 0 heterocycles. The molecular formula is C17H27NO. The van der Waals surface area contributed by atoms with Crippen molar-refractivity contribution in [2.24, 2.45) is 11.7 Å². The third-order valence-corrected chi connectivity index (χ3v) is 3.72. The van der Waals surface area contributed by atoms with E-state index in [0.717, 1.165) is 44.2 Å². The predicted molar refractivity (Wildman–Crippen MR) is 81.5 cm³/mol. The van der Waals surface area contributed by atoms with Crippen molar-refractivity contribution in [2.75, 3.05) is 6.54 Å². The monoisotopic (exact) mass is 261 g/mol. The highest BCUT2D eigenvalue weighted by Crippen LogP contribution is 2.17. The summed E-state index contributed by atoms with van der Waals surface area (Å²) in [7, 11) is 0.